The minimum Gasteiger partial charge on any atom is -0.335 e. The highest BCUT2D eigenvalue weighted by Gasteiger charge is 2.20. The van der Waals surface area contributed by atoms with Gasteiger partial charge in [-0.2, -0.15) is 0 Å². The van der Waals surface area contributed by atoms with Crippen LogP contribution in [-0.4, -0.2) is 60.5 Å². The van der Waals surface area contributed by atoms with Crippen LogP contribution >= 0.6 is 27.3 Å². The zero-order valence-corrected chi connectivity index (χ0v) is 16.6. The van der Waals surface area contributed by atoms with Crippen LogP contribution in [0.4, 0.5) is 4.79 Å². The average Bonchev–Trinajstić information content (AvgIpc) is 2.94. The van der Waals surface area contributed by atoms with Gasteiger partial charge in [0.25, 0.3) is 0 Å². The molecule has 2 rings (SSSR count). The van der Waals surface area contributed by atoms with Gasteiger partial charge in [0.15, 0.2) is 0 Å². The molecule has 0 bridgehead atoms. The Balaban J connectivity index is 1.67. The van der Waals surface area contributed by atoms with Crippen molar-refractivity contribution in [1.29, 1.82) is 0 Å². The van der Waals surface area contributed by atoms with Crippen molar-refractivity contribution in [1.82, 2.24) is 20.4 Å². The minimum atomic E-state index is -0.406. The Morgan fingerprint density at radius 1 is 1.25 bits per heavy atom. The van der Waals surface area contributed by atoms with Crippen LogP contribution in [0.2, 0.25) is 0 Å². The molecule has 1 aliphatic rings. The molecule has 0 unspecified atom stereocenters. The zero-order chi connectivity index (χ0) is 17.5. The van der Waals surface area contributed by atoms with Crippen LogP contribution in [-0.2, 0) is 11.3 Å². The fourth-order valence-electron chi connectivity index (χ4n) is 2.49. The number of hydrogen-bond acceptors (Lipinski definition) is 5. The smallest absolute Gasteiger partial charge is 0.321 e. The van der Waals surface area contributed by atoms with Gasteiger partial charge in [0.05, 0.1) is 10.3 Å². The number of carbonyl (C=O) groups excluding carboxylic acids is 2. The zero-order valence-electron chi connectivity index (χ0n) is 14.2. The topological polar surface area (TPSA) is 64.7 Å². The molecule has 0 saturated carbocycles. The first-order valence-corrected chi connectivity index (χ1v) is 9.86. The Morgan fingerprint density at radius 2 is 1.92 bits per heavy atom. The van der Waals surface area contributed by atoms with E-state index in [1.807, 2.05) is 13.8 Å². The molecule has 0 aromatic carbocycles. The van der Waals surface area contributed by atoms with Crippen LogP contribution in [0.5, 0.6) is 0 Å². The van der Waals surface area contributed by atoms with Crippen LogP contribution in [0.1, 0.15) is 25.1 Å². The molecular weight excluding hydrogens is 392 g/mol. The number of nitrogens with zero attached hydrogens (tertiary/aromatic N) is 2. The Morgan fingerprint density at radius 3 is 2.50 bits per heavy atom. The van der Waals surface area contributed by atoms with Crippen LogP contribution in [0.3, 0.4) is 0 Å². The molecule has 0 radical (unpaired) electrons. The highest BCUT2D eigenvalue weighted by atomic mass is 79.9. The molecule has 3 amide bonds. The molecule has 1 fully saturated rings. The standard InChI is InChI=1S/C16H25BrN4O2S/c1-3-12(2)18-16(23)19-15(22)11-21-8-6-20(7-9-21)10-13-4-5-14(17)24-13/h4-5,12H,3,6-11H2,1-2H3,(H2,18,19,22,23)/t12-/m1/s1. The number of halogens is 1. The van der Waals surface area contributed by atoms with Crippen molar-refractivity contribution < 1.29 is 9.59 Å². The quantitative estimate of drug-likeness (QED) is 0.746. The van der Waals surface area contributed by atoms with E-state index in [4.69, 9.17) is 0 Å². The summed E-state index contributed by atoms with van der Waals surface area (Å²) < 4.78 is 1.16. The number of imide groups is 1. The summed E-state index contributed by atoms with van der Waals surface area (Å²) in [5, 5.41) is 5.13. The first kappa shape index (κ1) is 19.4. The van der Waals surface area contributed by atoms with Crippen molar-refractivity contribution in [3.8, 4) is 0 Å². The van der Waals surface area contributed by atoms with E-state index >= 15 is 0 Å². The lowest BCUT2D eigenvalue weighted by molar-refractivity contribution is -0.121. The van der Waals surface area contributed by atoms with Gasteiger partial charge < -0.3 is 5.32 Å². The number of nitrogens with one attached hydrogen (secondary N) is 2. The molecule has 134 valence electrons. The Labute approximate surface area is 155 Å². The molecule has 2 heterocycles. The number of urea groups is 1. The van der Waals surface area contributed by atoms with E-state index in [1.165, 1.54) is 4.88 Å². The molecular formula is C16H25BrN4O2S. The predicted octanol–water partition coefficient (Wildman–Crippen LogP) is 2.25. The summed E-state index contributed by atoms with van der Waals surface area (Å²) in [4.78, 5) is 29.4. The van der Waals surface area contributed by atoms with E-state index < -0.39 is 6.03 Å². The molecule has 1 aromatic heterocycles. The maximum Gasteiger partial charge on any atom is 0.321 e. The van der Waals surface area contributed by atoms with Crippen molar-refractivity contribution >= 4 is 39.2 Å². The van der Waals surface area contributed by atoms with Crippen LogP contribution in [0.25, 0.3) is 0 Å². The highest BCUT2D eigenvalue weighted by Crippen LogP contribution is 2.23. The van der Waals surface area contributed by atoms with E-state index in [1.54, 1.807) is 11.3 Å². The van der Waals surface area contributed by atoms with Crippen molar-refractivity contribution in [3.05, 3.63) is 20.8 Å². The van der Waals surface area contributed by atoms with Crippen LogP contribution in [0, 0.1) is 0 Å². The molecule has 1 atom stereocenters. The third-order valence-electron chi connectivity index (χ3n) is 4.08. The fourth-order valence-corrected chi connectivity index (χ4v) is 4.02. The van der Waals surface area contributed by atoms with E-state index in [0.29, 0.717) is 0 Å². The van der Waals surface area contributed by atoms with Crippen molar-refractivity contribution in [3.63, 3.8) is 0 Å². The summed E-state index contributed by atoms with van der Waals surface area (Å²) in [5.41, 5.74) is 0. The van der Waals surface area contributed by atoms with E-state index in [0.717, 1.165) is 42.9 Å². The Kier molecular flexibility index (Phi) is 7.67. The maximum absolute atomic E-state index is 11.9. The molecule has 24 heavy (non-hydrogen) atoms. The van der Waals surface area contributed by atoms with Gasteiger partial charge in [-0.1, -0.05) is 6.92 Å². The summed E-state index contributed by atoms with van der Waals surface area (Å²) in [6, 6.07) is 3.88. The van der Waals surface area contributed by atoms with Gasteiger partial charge in [-0.15, -0.1) is 11.3 Å². The SMILES string of the molecule is CC[C@@H](C)NC(=O)NC(=O)CN1CCN(Cc2ccc(Br)s2)CC1. The average molecular weight is 417 g/mol. The Bertz CT molecular complexity index is 558. The van der Waals surface area contributed by atoms with Gasteiger partial charge in [-0.3, -0.25) is 19.9 Å². The van der Waals surface area contributed by atoms with E-state index in [9.17, 15) is 9.59 Å². The lowest BCUT2D eigenvalue weighted by Gasteiger charge is -2.33. The molecule has 6 nitrogen and oxygen atoms in total. The summed E-state index contributed by atoms with van der Waals surface area (Å²) in [6.07, 6.45) is 0.838. The molecule has 8 heteroatoms. The first-order chi connectivity index (χ1) is 11.5. The number of carbonyl (C=O) groups is 2. The molecule has 1 aliphatic heterocycles. The third-order valence-corrected chi connectivity index (χ3v) is 5.69. The highest BCUT2D eigenvalue weighted by molar-refractivity contribution is 9.11. The molecule has 1 saturated heterocycles. The predicted molar refractivity (Wildman–Crippen MR) is 100 cm³/mol. The minimum absolute atomic E-state index is 0.0682. The summed E-state index contributed by atoms with van der Waals surface area (Å²) >= 11 is 5.25. The van der Waals surface area contributed by atoms with Gasteiger partial charge in [0.1, 0.15) is 0 Å². The van der Waals surface area contributed by atoms with Gasteiger partial charge >= 0.3 is 6.03 Å². The normalized spacial score (nSPS) is 17.5. The number of hydrogen-bond donors (Lipinski definition) is 2. The fraction of sp³-hybridized carbons (Fsp3) is 0.625. The Hall–Kier alpha value is -0.960. The van der Waals surface area contributed by atoms with Crippen LogP contribution < -0.4 is 10.6 Å². The molecule has 1 aromatic rings. The number of thiophene rings is 1. The monoisotopic (exact) mass is 416 g/mol. The van der Waals surface area contributed by atoms with Crippen molar-refractivity contribution in [2.24, 2.45) is 0 Å². The second-order valence-corrected chi connectivity index (χ2v) is 8.64. The van der Waals surface area contributed by atoms with Crippen LogP contribution in [0.15, 0.2) is 15.9 Å². The van der Waals surface area contributed by atoms with Gasteiger partial charge in [-0.05, 0) is 41.4 Å². The van der Waals surface area contributed by atoms with Crippen molar-refractivity contribution in [2.75, 3.05) is 32.7 Å². The van der Waals surface area contributed by atoms with E-state index in [-0.39, 0.29) is 18.5 Å². The number of rotatable bonds is 6. The lowest BCUT2D eigenvalue weighted by atomic mass is 10.3. The first-order valence-electron chi connectivity index (χ1n) is 8.25. The maximum atomic E-state index is 11.9. The lowest BCUT2D eigenvalue weighted by Crippen LogP contribution is -2.51. The number of piperazine rings is 1. The number of amides is 3. The third kappa shape index (κ3) is 6.51. The van der Waals surface area contributed by atoms with Gasteiger partial charge in [0.2, 0.25) is 5.91 Å². The second-order valence-electron chi connectivity index (χ2n) is 6.09. The summed E-state index contributed by atoms with van der Waals surface area (Å²) in [5.74, 6) is -0.244. The van der Waals surface area contributed by atoms with Gasteiger partial charge in [-0.25, -0.2) is 4.79 Å². The second kappa shape index (κ2) is 9.50. The molecule has 0 spiro atoms. The van der Waals surface area contributed by atoms with Gasteiger partial charge in [0, 0.05) is 43.6 Å². The molecule has 2 N–H and O–H groups in total. The summed E-state index contributed by atoms with van der Waals surface area (Å²) in [7, 11) is 0. The van der Waals surface area contributed by atoms with Crippen molar-refractivity contribution in [2.45, 2.75) is 32.9 Å². The van der Waals surface area contributed by atoms with E-state index in [2.05, 4.69) is 48.5 Å². The summed E-state index contributed by atoms with van der Waals surface area (Å²) in [6.45, 7) is 8.67. The molecule has 0 aliphatic carbocycles. The largest absolute Gasteiger partial charge is 0.335 e.